The maximum Gasteiger partial charge on any atom is 0.410 e. The highest BCUT2D eigenvalue weighted by Gasteiger charge is 2.31. The number of aromatic nitrogens is 2. The van der Waals surface area contributed by atoms with E-state index in [1.54, 1.807) is 4.90 Å². The summed E-state index contributed by atoms with van der Waals surface area (Å²) in [5, 5.41) is 3.96. The number of fused-ring (bicyclic) bond motifs is 1. The molecule has 168 valence electrons. The molecule has 0 spiro atoms. The van der Waals surface area contributed by atoms with Crippen molar-refractivity contribution in [3.8, 4) is 0 Å². The second-order valence-electron chi connectivity index (χ2n) is 10.0. The van der Waals surface area contributed by atoms with Crippen LogP contribution in [0.15, 0.2) is 27.2 Å². The van der Waals surface area contributed by atoms with E-state index in [1.807, 2.05) is 59.7 Å². The first-order valence-corrected chi connectivity index (χ1v) is 11.3. The molecule has 0 saturated carbocycles. The van der Waals surface area contributed by atoms with Crippen LogP contribution in [0.25, 0.3) is 0 Å². The summed E-state index contributed by atoms with van der Waals surface area (Å²) in [5.74, 6) is 0.301. The number of Topliss-reactive ketones (excluding diaryl/α,β-unsaturated/α-hetero) is 1. The van der Waals surface area contributed by atoms with E-state index in [9.17, 15) is 9.59 Å². The van der Waals surface area contributed by atoms with Crippen LogP contribution in [0, 0.1) is 0 Å². The van der Waals surface area contributed by atoms with Crippen LogP contribution in [0.1, 0.15) is 87.9 Å². The Morgan fingerprint density at radius 1 is 1.23 bits per heavy atom. The molecule has 0 bridgehead atoms. The zero-order valence-electron chi connectivity index (χ0n) is 19.0. The summed E-state index contributed by atoms with van der Waals surface area (Å²) >= 11 is 3.52. The number of hydrogen-bond donors (Lipinski definition) is 0. The number of ether oxygens (including phenoxy) is 1. The Kier molecular flexibility index (Phi) is 6.60. The zero-order chi connectivity index (χ0) is 23.0. The van der Waals surface area contributed by atoms with Crippen LogP contribution in [0.3, 0.4) is 0 Å². The minimum Gasteiger partial charge on any atom is -0.444 e. The highest BCUT2D eigenvalue weighted by atomic mass is 79.9. The highest BCUT2D eigenvalue weighted by molar-refractivity contribution is 9.10. The molecule has 2 aromatic rings. The second kappa shape index (κ2) is 8.73. The summed E-state index contributed by atoms with van der Waals surface area (Å²) in [6.45, 7) is 12.4. The molecule has 2 heterocycles. The van der Waals surface area contributed by atoms with E-state index in [0.717, 1.165) is 15.6 Å². The zero-order valence-corrected chi connectivity index (χ0v) is 20.6. The molecule has 1 atom stereocenters. The van der Waals surface area contributed by atoms with E-state index in [2.05, 4.69) is 26.1 Å². The summed E-state index contributed by atoms with van der Waals surface area (Å²) in [4.78, 5) is 31.6. The predicted molar refractivity (Wildman–Crippen MR) is 120 cm³/mol. The van der Waals surface area contributed by atoms with Gasteiger partial charge < -0.3 is 14.2 Å². The normalized spacial score (nSPS) is 17.1. The second-order valence-corrected chi connectivity index (χ2v) is 10.9. The fourth-order valence-corrected chi connectivity index (χ4v) is 3.92. The average Bonchev–Trinajstić information content (AvgIpc) is 3.07. The first-order chi connectivity index (χ1) is 14.3. The molecule has 0 unspecified atom stereocenters. The number of rotatable bonds is 3. The van der Waals surface area contributed by atoms with Gasteiger partial charge in [0.1, 0.15) is 5.60 Å². The molecule has 0 saturated heterocycles. The molecule has 0 fully saturated rings. The van der Waals surface area contributed by atoms with Crippen LogP contribution < -0.4 is 0 Å². The third-order valence-electron chi connectivity index (χ3n) is 5.07. The van der Waals surface area contributed by atoms with Gasteiger partial charge in [0, 0.05) is 29.4 Å². The predicted octanol–water partition coefficient (Wildman–Crippen LogP) is 5.63. The summed E-state index contributed by atoms with van der Waals surface area (Å²) in [6, 6.07) is 5.98. The Hall–Kier alpha value is -2.22. The standard InChI is InChI=1S/C23H30BrN3O4/c1-22(2,3)20-25-19(31-26-20)18(28)12-14-9-10-27(21(29)30-23(4,5)6)13-15-11-16(24)7-8-17(14)15/h7-8,11,14H,9-10,12-13H2,1-6H3/t14-/m0/s1. The van der Waals surface area contributed by atoms with Gasteiger partial charge in [0.2, 0.25) is 5.78 Å². The summed E-state index contributed by atoms with van der Waals surface area (Å²) in [7, 11) is 0. The lowest BCUT2D eigenvalue weighted by atomic mass is 9.88. The van der Waals surface area contributed by atoms with E-state index in [0.29, 0.717) is 25.3 Å². The lowest BCUT2D eigenvalue weighted by Gasteiger charge is -2.26. The molecule has 1 aliphatic rings. The van der Waals surface area contributed by atoms with Gasteiger partial charge in [-0.05, 0) is 56.4 Å². The Bertz CT molecular complexity index is 972. The first kappa shape index (κ1) is 23.4. The molecule has 1 aromatic carbocycles. The Labute approximate surface area is 191 Å². The number of carbonyl (C=O) groups is 2. The maximum absolute atomic E-state index is 12.9. The van der Waals surface area contributed by atoms with Crippen LogP contribution in [0.5, 0.6) is 0 Å². The van der Waals surface area contributed by atoms with Gasteiger partial charge in [-0.3, -0.25) is 4.79 Å². The van der Waals surface area contributed by atoms with Gasteiger partial charge in [-0.15, -0.1) is 0 Å². The van der Waals surface area contributed by atoms with Crippen LogP contribution in [0.4, 0.5) is 4.79 Å². The molecule has 0 N–H and O–H groups in total. The van der Waals surface area contributed by atoms with Gasteiger partial charge in [0.05, 0.1) is 0 Å². The van der Waals surface area contributed by atoms with Crippen molar-refractivity contribution in [1.82, 2.24) is 15.0 Å². The Morgan fingerprint density at radius 3 is 2.55 bits per heavy atom. The van der Waals surface area contributed by atoms with E-state index >= 15 is 0 Å². The molecule has 0 radical (unpaired) electrons. The van der Waals surface area contributed by atoms with E-state index in [-0.39, 0.29) is 35.5 Å². The van der Waals surface area contributed by atoms with Crippen molar-refractivity contribution in [3.63, 3.8) is 0 Å². The number of hydrogen-bond acceptors (Lipinski definition) is 6. The molecule has 1 aromatic heterocycles. The van der Waals surface area contributed by atoms with Crippen molar-refractivity contribution in [2.75, 3.05) is 6.54 Å². The van der Waals surface area contributed by atoms with Crippen molar-refractivity contribution in [2.24, 2.45) is 0 Å². The van der Waals surface area contributed by atoms with Gasteiger partial charge in [0.25, 0.3) is 5.89 Å². The largest absolute Gasteiger partial charge is 0.444 e. The molecule has 31 heavy (non-hydrogen) atoms. The van der Waals surface area contributed by atoms with Crippen LogP contribution >= 0.6 is 15.9 Å². The van der Waals surface area contributed by atoms with Gasteiger partial charge in [-0.2, -0.15) is 4.98 Å². The van der Waals surface area contributed by atoms with Gasteiger partial charge >= 0.3 is 6.09 Å². The molecule has 1 amide bonds. The summed E-state index contributed by atoms with van der Waals surface area (Å²) in [5.41, 5.74) is 1.19. The van der Waals surface area contributed by atoms with Gasteiger partial charge in [-0.1, -0.05) is 47.9 Å². The van der Waals surface area contributed by atoms with Crippen molar-refractivity contribution < 1.29 is 18.8 Å². The van der Waals surface area contributed by atoms with Crippen LogP contribution in [-0.4, -0.2) is 39.1 Å². The molecule has 7 nitrogen and oxygen atoms in total. The number of amides is 1. The summed E-state index contributed by atoms with van der Waals surface area (Å²) < 4.78 is 11.7. The topological polar surface area (TPSA) is 85.5 Å². The van der Waals surface area contributed by atoms with Crippen molar-refractivity contribution in [3.05, 3.63) is 45.5 Å². The van der Waals surface area contributed by atoms with Crippen LogP contribution in [0.2, 0.25) is 0 Å². The minimum atomic E-state index is -0.568. The van der Waals surface area contributed by atoms with E-state index < -0.39 is 5.60 Å². The van der Waals surface area contributed by atoms with Gasteiger partial charge in [0.15, 0.2) is 5.82 Å². The minimum absolute atomic E-state index is 0.0387. The molecule has 3 rings (SSSR count). The SMILES string of the molecule is CC(C)(C)OC(=O)N1CC[C@@H](CC(=O)c2nc(C(C)(C)C)no2)c2ccc(Br)cc2C1. The molecular weight excluding hydrogens is 462 g/mol. The van der Waals surface area contributed by atoms with E-state index in [1.165, 1.54) is 0 Å². The number of ketones is 1. The third kappa shape index (κ3) is 5.93. The van der Waals surface area contributed by atoms with Crippen molar-refractivity contribution in [1.29, 1.82) is 0 Å². The van der Waals surface area contributed by atoms with Gasteiger partial charge in [-0.25, -0.2) is 4.79 Å². The van der Waals surface area contributed by atoms with Crippen LogP contribution in [-0.2, 0) is 16.7 Å². The van der Waals surface area contributed by atoms with Crippen molar-refractivity contribution in [2.45, 2.75) is 77.9 Å². The lowest BCUT2D eigenvalue weighted by Crippen LogP contribution is -2.36. The lowest BCUT2D eigenvalue weighted by molar-refractivity contribution is 0.0234. The molecule has 8 heteroatoms. The molecular formula is C23H30BrN3O4. The number of halogens is 1. The third-order valence-corrected chi connectivity index (χ3v) is 5.57. The average molecular weight is 492 g/mol. The van der Waals surface area contributed by atoms with E-state index in [4.69, 9.17) is 9.26 Å². The number of benzene rings is 1. The summed E-state index contributed by atoms with van der Waals surface area (Å²) in [6.07, 6.45) is 0.528. The monoisotopic (exact) mass is 491 g/mol. The highest BCUT2D eigenvalue weighted by Crippen LogP contribution is 2.34. The number of carbonyl (C=O) groups excluding carboxylic acids is 2. The maximum atomic E-state index is 12.9. The Balaban J connectivity index is 1.82. The smallest absolute Gasteiger partial charge is 0.410 e. The quantitative estimate of drug-likeness (QED) is 0.517. The molecule has 1 aliphatic heterocycles. The fraction of sp³-hybridized carbons (Fsp3) is 0.565. The van der Waals surface area contributed by atoms with Crippen molar-refractivity contribution >= 4 is 27.8 Å². The number of nitrogens with zero attached hydrogens (tertiary/aromatic N) is 3. The first-order valence-electron chi connectivity index (χ1n) is 10.5. The Morgan fingerprint density at radius 2 is 1.94 bits per heavy atom. The molecule has 0 aliphatic carbocycles. The fourth-order valence-electron chi connectivity index (χ4n) is 3.51.